The van der Waals surface area contributed by atoms with E-state index in [1.807, 2.05) is 25.1 Å². The number of hydrogen-bond acceptors (Lipinski definition) is 7. The van der Waals surface area contributed by atoms with Gasteiger partial charge in [-0.3, -0.25) is 9.25 Å². The van der Waals surface area contributed by atoms with E-state index < -0.39 is 11.8 Å². The molecule has 0 spiro atoms. The fourth-order valence-electron chi connectivity index (χ4n) is 5.30. The number of hydroxylamine groups is 2. The summed E-state index contributed by atoms with van der Waals surface area (Å²) in [6.07, 6.45) is 3.33. The molecule has 10 heteroatoms. The van der Waals surface area contributed by atoms with Crippen molar-refractivity contribution < 1.29 is 14.4 Å². The van der Waals surface area contributed by atoms with Crippen molar-refractivity contribution in [1.82, 2.24) is 29.6 Å². The van der Waals surface area contributed by atoms with Crippen LogP contribution in [0.5, 0.6) is 0 Å². The van der Waals surface area contributed by atoms with Crippen LogP contribution >= 0.6 is 11.6 Å². The topological polar surface area (TPSA) is 87.3 Å². The number of fused-ring (bicyclic) bond motifs is 3. The maximum Gasteiger partial charge on any atom is 0.528 e. The molecular weight excluding hydrogens is 480 g/mol. The SMILES string of the molecule is Cc1cc(C)n(C2CCC(c3nnc4n3-c3ccc(Cl)cc3CN(OC(=O)OC(C)(C)C)C4)CC2)n1. The van der Waals surface area contributed by atoms with Crippen LogP contribution in [0.3, 0.4) is 0 Å². The number of hydrogen-bond donors (Lipinski definition) is 0. The fourth-order valence-corrected chi connectivity index (χ4v) is 5.49. The lowest BCUT2D eigenvalue weighted by Crippen LogP contribution is -2.31. The highest BCUT2D eigenvalue weighted by molar-refractivity contribution is 6.30. The van der Waals surface area contributed by atoms with Crippen LogP contribution in [0.4, 0.5) is 4.79 Å². The van der Waals surface area contributed by atoms with Crippen LogP contribution in [-0.2, 0) is 22.7 Å². The number of aryl methyl sites for hydroxylation is 2. The molecule has 5 rings (SSSR count). The van der Waals surface area contributed by atoms with Crippen LogP contribution in [0.1, 0.15) is 87.0 Å². The van der Waals surface area contributed by atoms with Gasteiger partial charge in [-0.05, 0) is 90.1 Å². The zero-order valence-corrected chi connectivity index (χ0v) is 22.2. The average Bonchev–Trinajstić information content (AvgIpc) is 3.30. The molecule has 1 aliphatic heterocycles. The molecule has 0 bridgehead atoms. The third kappa shape index (κ3) is 5.13. The van der Waals surface area contributed by atoms with E-state index in [9.17, 15) is 4.79 Å². The lowest BCUT2D eigenvalue weighted by Gasteiger charge is -2.29. The number of aromatic nitrogens is 5. The minimum atomic E-state index is -0.748. The van der Waals surface area contributed by atoms with Gasteiger partial charge in [0.15, 0.2) is 5.82 Å². The molecule has 9 nitrogen and oxygen atoms in total. The summed E-state index contributed by atoms with van der Waals surface area (Å²) in [7, 11) is 0. The van der Waals surface area contributed by atoms with Gasteiger partial charge in [-0.2, -0.15) is 5.10 Å². The normalized spacial score (nSPS) is 20.4. The molecule has 2 aromatic heterocycles. The highest BCUT2D eigenvalue weighted by Crippen LogP contribution is 2.40. The van der Waals surface area contributed by atoms with E-state index in [0.29, 0.717) is 24.2 Å². The van der Waals surface area contributed by atoms with Crippen LogP contribution < -0.4 is 0 Å². The molecule has 0 radical (unpaired) electrons. The maximum atomic E-state index is 12.4. The second-order valence-electron chi connectivity index (χ2n) is 10.8. The second-order valence-corrected chi connectivity index (χ2v) is 11.3. The number of nitrogens with zero attached hydrogens (tertiary/aromatic N) is 6. The highest BCUT2D eigenvalue weighted by atomic mass is 35.5. The van der Waals surface area contributed by atoms with Crippen molar-refractivity contribution in [1.29, 1.82) is 0 Å². The number of carbonyl (C=O) groups is 1. The van der Waals surface area contributed by atoms with Gasteiger partial charge in [-0.15, -0.1) is 15.3 Å². The molecule has 0 saturated heterocycles. The summed E-state index contributed by atoms with van der Waals surface area (Å²) in [5.41, 5.74) is 3.52. The van der Waals surface area contributed by atoms with Gasteiger partial charge in [0.2, 0.25) is 0 Å². The number of benzene rings is 1. The molecule has 192 valence electrons. The Kier molecular flexibility index (Phi) is 6.55. The zero-order chi connectivity index (χ0) is 25.6. The largest absolute Gasteiger partial charge is 0.528 e. The third-order valence-electron chi connectivity index (χ3n) is 6.75. The van der Waals surface area contributed by atoms with Gasteiger partial charge in [0.05, 0.1) is 30.5 Å². The van der Waals surface area contributed by atoms with Gasteiger partial charge in [-0.25, -0.2) is 4.79 Å². The monoisotopic (exact) mass is 512 g/mol. The van der Waals surface area contributed by atoms with Crippen molar-refractivity contribution in [2.75, 3.05) is 0 Å². The zero-order valence-electron chi connectivity index (χ0n) is 21.5. The van der Waals surface area contributed by atoms with Crippen molar-refractivity contribution in [2.24, 2.45) is 0 Å². The van der Waals surface area contributed by atoms with Gasteiger partial charge in [0.25, 0.3) is 0 Å². The van der Waals surface area contributed by atoms with Gasteiger partial charge in [0.1, 0.15) is 11.4 Å². The quantitative estimate of drug-likeness (QED) is 0.409. The Balaban J connectivity index is 1.40. The first-order valence-corrected chi connectivity index (χ1v) is 12.9. The Morgan fingerprint density at radius 2 is 1.81 bits per heavy atom. The minimum absolute atomic E-state index is 0.279. The Morgan fingerprint density at radius 3 is 2.47 bits per heavy atom. The third-order valence-corrected chi connectivity index (χ3v) is 6.98. The van der Waals surface area contributed by atoms with Crippen molar-refractivity contribution in [2.45, 2.75) is 91.0 Å². The van der Waals surface area contributed by atoms with Gasteiger partial charge < -0.3 is 9.57 Å². The van der Waals surface area contributed by atoms with Gasteiger partial charge >= 0.3 is 6.16 Å². The van der Waals surface area contributed by atoms with Crippen molar-refractivity contribution in [3.05, 3.63) is 57.9 Å². The first-order chi connectivity index (χ1) is 17.1. The van der Waals surface area contributed by atoms with Crippen molar-refractivity contribution in [3.8, 4) is 5.69 Å². The van der Waals surface area contributed by atoms with Crippen LogP contribution in [0, 0.1) is 13.8 Å². The molecule has 0 N–H and O–H groups in total. The first-order valence-electron chi connectivity index (χ1n) is 12.5. The molecular formula is C26H33ClN6O3. The van der Waals surface area contributed by atoms with Crippen molar-refractivity contribution in [3.63, 3.8) is 0 Å². The van der Waals surface area contributed by atoms with Crippen LogP contribution in [0.15, 0.2) is 24.3 Å². The van der Waals surface area contributed by atoms with E-state index in [4.69, 9.17) is 26.3 Å². The lowest BCUT2D eigenvalue weighted by atomic mass is 9.85. The summed E-state index contributed by atoms with van der Waals surface area (Å²) >= 11 is 6.35. The van der Waals surface area contributed by atoms with E-state index in [2.05, 4.69) is 32.4 Å². The lowest BCUT2D eigenvalue weighted by molar-refractivity contribution is -0.155. The summed E-state index contributed by atoms with van der Waals surface area (Å²) in [6.45, 7) is 10.2. The Bertz CT molecular complexity index is 1270. The van der Waals surface area contributed by atoms with E-state index in [-0.39, 0.29) is 5.92 Å². The molecule has 1 aliphatic carbocycles. The predicted molar refractivity (Wildman–Crippen MR) is 135 cm³/mol. The number of carbonyl (C=O) groups excluding carboxylic acids is 1. The first kappa shape index (κ1) is 24.8. The van der Waals surface area contributed by atoms with Gasteiger partial charge in [0, 0.05) is 16.6 Å². The molecule has 0 atom stereocenters. The maximum absolute atomic E-state index is 12.4. The predicted octanol–water partition coefficient (Wildman–Crippen LogP) is 5.82. The fraction of sp³-hybridized carbons (Fsp3) is 0.538. The Hall–Kier alpha value is -2.91. The molecule has 1 saturated carbocycles. The minimum Gasteiger partial charge on any atom is -0.427 e. The average molecular weight is 513 g/mol. The molecule has 0 amide bonds. The molecule has 2 aliphatic rings. The summed E-state index contributed by atoms with van der Waals surface area (Å²) < 4.78 is 9.66. The number of ether oxygens (including phenoxy) is 1. The summed E-state index contributed by atoms with van der Waals surface area (Å²) in [4.78, 5) is 18.0. The molecule has 1 fully saturated rings. The molecule has 0 unspecified atom stereocenters. The number of halogens is 1. The molecule has 3 heterocycles. The summed E-state index contributed by atoms with van der Waals surface area (Å²) in [5.74, 6) is 1.94. The number of rotatable bonds is 3. The molecule has 3 aromatic rings. The van der Waals surface area contributed by atoms with Crippen LogP contribution in [0.2, 0.25) is 5.02 Å². The Labute approximate surface area is 216 Å². The molecule has 36 heavy (non-hydrogen) atoms. The van der Waals surface area contributed by atoms with E-state index in [1.165, 1.54) is 5.69 Å². The van der Waals surface area contributed by atoms with Crippen LogP contribution in [0.25, 0.3) is 5.69 Å². The van der Waals surface area contributed by atoms with E-state index >= 15 is 0 Å². The van der Waals surface area contributed by atoms with E-state index in [1.54, 1.807) is 25.8 Å². The van der Waals surface area contributed by atoms with E-state index in [0.717, 1.165) is 54.3 Å². The molecule has 1 aromatic carbocycles. The summed E-state index contributed by atoms with van der Waals surface area (Å²) in [6, 6.07) is 8.31. The standard InChI is InChI=1S/C26H33ClN6O3/c1-16-12-17(2)33(30-16)21-9-6-18(7-10-21)24-29-28-23-15-31(36-25(34)35-26(3,4)5)14-19-13-20(27)8-11-22(19)32(23)24/h8,11-13,18,21H,6-7,9-10,14-15H2,1-5H3. The Morgan fingerprint density at radius 1 is 1.06 bits per heavy atom. The smallest absolute Gasteiger partial charge is 0.427 e. The second kappa shape index (κ2) is 9.52. The van der Waals surface area contributed by atoms with Crippen LogP contribution in [-0.4, -0.2) is 41.4 Å². The van der Waals surface area contributed by atoms with Gasteiger partial charge in [-0.1, -0.05) is 11.6 Å². The van der Waals surface area contributed by atoms with Crippen molar-refractivity contribution >= 4 is 17.8 Å². The summed E-state index contributed by atoms with van der Waals surface area (Å²) in [5, 5.41) is 16.1. The highest BCUT2D eigenvalue weighted by Gasteiger charge is 2.33.